The zero-order valence-electron chi connectivity index (χ0n) is 17.3. The Morgan fingerprint density at radius 2 is 1.90 bits per heavy atom. The van der Waals surface area contributed by atoms with Crippen LogP contribution in [0.5, 0.6) is 5.75 Å². The van der Waals surface area contributed by atoms with E-state index in [0.29, 0.717) is 17.5 Å². The van der Waals surface area contributed by atoms with E-state index in [9.17, 15) is 9.18 Å². The molecule has 0 aliphatic carbocycles. The molecule has 2 aromatic carbocycles. The second-order valence-corrected chi connectivity index (χ2v) is 8.24. The van der Waals surface area contributed by atoms with Crippen molar-refractivity contribution in [2.24, 2.45) is 0 Å². The third-order valence-electron chi connectivity index (χ3n) is 4.90. The Hall–Kier alpha value is -3.07. The SMILES string of the molecule is CCCc1nnc2n1N[C@@H](c1ccc(F)cc1)[C@H](C(=O)Nc1ccc(OCC)cc1)S2. The van der Waals surface area contributed by atoms with Crippen molar-refractivity contribution in [2.45, 2.75) is 43.1 Å². The van der Waals surface area contributed by atoms with Gasteiger partial charge < -0.3 is 15.5 Å². The Balaban J connectivity index is 1.60. The van der Waals surface area contributed by atoms with Gasteiger partial charge in [0.2, 0.25) is 11.1 Å². The Morgan fingerprint density at radius 3 is 2.58 bits per heavy atom. The van der Waals surface area contributed by atoms with Crippen molar-refractivity contribution in [3.8, 4) is 5.75 Å². The summed E-state index contributed by atoms with van der Waals surface area (Å²) in [5, 5.41) is 11.6. The topological polar surface area (TPSA) is 81.1 Å². The molecule has 1 aromatic heterocycles. The highest BCUT2D eigenvalue weighted by atomic mass is 32.2. The minimum absolute atomic E-state index is 0.178. The van der Waals surface area contributed by atoms with Gasteiger partial charge in [-0.2, -0.15) is 0 Å². The Kier molecular flexibility index (Phi) is 6.41. The summed E-state index contributed by atoms with van der Waals surface area (Å²) in [6.07, 6.45) is 1.69. The highest BCUT2D eigenvalue weighted by molar-refractivity contribution is 8.00. The first-order valence-corrected chi connectivity index (χ1v) is 11.1. The molecule has 0 radical (unpaired) electrons. The average molecular weight is 442 g/mol. The standard InChI is InChI=1S/C22H24FN5O2S/c1-3-5-18-25-26-22-28(18)27-19(14-6-8-15(23)9-7-14)20(31-22)21(29)24-16-10-12-17(13-11-16)30-4-2/h6-13,19-20,27H,3-5H2,1-2H3,(H,24,29)/t19-,20+/m0/s1. The lowest BCUT2D eigenvalue weighted by Gasteiger charge is -2.33. The van der Waals surface area contributed by atoms with E-state index in [1.165, 1.54) is 23.9 Å². The molecule has 0 fully saturated rings. The summed E-state index contributed by atoms with van der Waals surface area (Å²) < 4.78 is 20.8. The summed E-state index contributed by atoms with van der Waals surface area (Å²) in [6, 6.07) is 13.0. The van der Waals surface area contributed by atoms with Gasteiger partial charge in [0.05, 0.1) is 12.6 Å². The van der Waals surface area contributed by atoms with E-state index in [4.69, 9.17) is 4.74 Å². The Labute approximate surface area is 184 Å². The Morgan fingerprint density at radius 1 is 1.16 bits per heavy atom. The van der Waals surface area contributed by atoms with E-state index in [1.807, 2.05) is 23.7 Å². The Bertz CT molecular complexity index is 1040. The number of benzene rings is 2. The molecule has 7 nitrogen and oxygen atoms in total. The molecule has 0 spiro atoms. The number of hydrogen-bond acceptors (Lipinski definition) is 6. The zero-order valence-corrected chi connectivity index (χ0v) is 18.2. The van der Waals surface area contributed by atoms with E-state index in [1.54, 1.807) is 24.3 Å². The number of halogens is 1. The molecule has 9 heteroatoms. The lowest BCUT2D eigenvalue weighted by molar-refractivity contribution is -0.116. The first-order valence-electron chi connectivity index (χ1n) is 10.3. The normalized spacial score (nSPS) is 17.5. The summed E-state index contributed by atoms with van der Waals surface area (Å²) in [5.41, 5.74) is 4.86. The van der Waals surface area contributed by atoms with Crippen LogP contribution in [-0.4, -0.2) is 32.6 Å². The summed E-state index contributed by atoms with van der Waals surface area (Å²) in [7, 11) is 0. The number of aromatic nitrogens is 3. The second kappa shape index (κ2) is 9.38. The summed E-state index contributed by atoms with van der Waals surface area (Å²) >= 11 is 1.35. The van der Waals surface area contributed by atoms with Crippen molar-refractivity contribution in [1.29, 1.82) is 0 Å². The van der Waals surface area contributed by atoms with Crippen molar-refractivity contribution >= 4 is 23.4 Å². The van der Waals surface area contributed by atoms with Crippen molar-refractivity contribution in [3.05, 3.63) is 65.7 Å². The average Bonchev–Trinajstić information content (AvgIpc) is 3.17. The van der Waals surface area contributed by atoms with Gasteiger partial charge in [-0.05, 0) is 55.3 Å². The fourth-order valence-corrected chi connectivity index (χ4v) is 4.52. The molecule has 162 valence electrons. The molecule has 2 atom stereocenters. The molecule has 0 bridgehead atoms. The lowest BCUT2D eigenvalue weighted by Crippen LogP contribution is -2.41. The number of carbonyl (C=O) groups is 1. The van der Waals surface area contributed by atoms with Gasteiger partial charge in [-0.15, -0.1) is 10.2 Å². The number of ether oxygens (including phenoxy) is 1. The number of hydrogen-bond donors (Lipinski definition) is 2. The smallest absolute Gasteiger partial charge is 0.240 e. The molecule has 3 aromatic rings. The number of amides is 1. The molecule has 0 saturated carbocycles. The van der Waals surface area contributed by atoms with Crippen LogP contribution in [0.15, 0.2) is 53.7 Å². The quantitative estimate of drug-likeness (QED) is 0.573. The van der Waals surface area contributed by atoms with E-state index in [-0.39, 0.29) is 17.8 Å². The molecule has 0 unspecified atom stereocenters. The van der Waals surface area contributed by atoms with Crippen molar-refractivity contribution < 1.29 is 13.9 Å². The van der Waals surface area contributed by atoms with Gasteiger partial charge in [-0.1, -0.05) is 30.8 Å². The van der Waals surface area contributed by atoms with Crippen LogP contribution in [0.2, 0.25) is 0 Å². The summed E-state index contributed by atoms with van der Waals surface area (Å²) in [5.74, 6) is 1.05. The van der Waals surface area contributed by atoms with E-state index >= 15 is 0 Å². The van der Waals surface area contributed by atoms with Crippen LogP contribution in [0.4, 0.5) is 10.1 Å². The number of aryl methyl sites for hydroxylation is 1. The molecular weight excluding hydrogens is 417 g/mol. The first-order chi connectivity index (χ1) is 15.1. The van der Waals surface area contributed by atoms with Crippen molar-refractivity contribution in [1.82, 2.24) is 14.9 Å². The maximum absolute atomic E-state index is 13.5. The van der Waals surface area contributed by atoms with E-state index < -0.39 is 5.25 Å². The fourth-order valence-electron chi connectivity index (χ4n) is 3.42. The van der Waals surface area contributed by atoms with Gasteiger partial charge >= 0.3 is 0 Å². The van der Waals surface area contributed by atoms with Crippen LogP contribution in [0.1, 0.15) is 37.7 Å². The molecular formula is C22H24FN5O2S. The number of thioether (sulfide) groups is 1. The largest absolute Gasteiger partial charge is 0.494 e. The van der Waals surface area contributed by atoms with Gasteiger partial charge in [-0.25, -0.2) is 9.07 Å². The summed E-state index contributed by atoms with van der Waals surface area (Å²) in [6.45, 7) is 4.57. The third kappa shape index (κ3) is 4.66. The maximum atomic E-state index is 13.5. The molecule has 0 saturated heterocycles. The maximum Gasteiger partial charge on any atom is 0.240 e. The summed E-state index contributed by atoms with van der Waals surface area (Å²) in [4.78, 5) is 13.2. The van der Waals surface area contributed by atoms with E-state index in [2.05, 4.69) is 27.9 Å². The van der Waals surface area contributed by atoms with Gasteiger partial charge in [0.15, 0.2) is 5.82 Å². The number of fused-ring (bicyclic) bond motifs is 1. The van der Waals surface area contributed by atoms with Gasteiger partial charge in [-0.3, -0.25) is 4.79 Å². The molecule has 1 aliphatic rings. The monoisotopic (exact) mass is 441 g/mol. The zero-order chi connectivity index (χ0) is 21.8. The van der Waals surface area contributed by atoms with Gasteiger partial charge in [0.1, 0.15) is 16.8 Å². The third-order valence-corrected chi connectivity index (χ3v) is 6.11. The minimum Gasteiger partial charge on any atom is -0.494 e. The predicted octanol–water partition coefficient (Wildman–Crippen LogP) is 4.17. The second-order valence-electron chi connectivity index (χ2n) is 7.13. The van der Waals surface area contributed by atoms with Crippen LogP contribution in [0, 0.1) is 5.82 Å². The molecule has 2 N–H and O–H groups in total. The molecule has 2 heterocycles. The van der Waals surface area contributed by atoms with Crippen molar-refractivity contribution in [2.75, 3.05) is 17.3 Å². The van der Waals surface area contributed by atoms with Crippen LogP contribution in [-0.2, 0) is 11.2 Å². The van der Waals surface area contributed by atoms with E-state index in [0.717, 1.165) is 30.0 Å². The molecule has 4 rings (SSSR count). The number of nitrogens with one attached hydrogen (secondary N) is 2. The highest BCUT2D eigenvalue weighted by Crippen LogP contribution is 2.37. The van der Waals surface area contributed by atoms with Crippen LogP contribution < -0.4 is 15.5 Å². The van der Waals surface area contributed by atoms with Gasteiger partial charge in [0, 0.05) is 12.1 Å². The van der Waals surface area contributed by atoms with Crippen LogP contribution in [0.3, 0.4) is 0 Å². The lowest BCUT2D eigenvalue weighted by atomic mass is 10.0. The number of nitrogens with zero attached hydrogens (tertiary/aromatic N) is 3. The fraction of sp³-hybridized carbons (Fsp3) is 0.318. The highest BCUT2D eigenvalue weighted by Gasteiger charge is 2.37. The van der Waals surface area contributed by atoms with Crippen LogP contribution in [0.25, 0.3) is 0 Å². The molecule has 31 heavy (non-hydrogen) atoms. The van der Waals surface area contributed by atoms with Crippen molar-refractivity contribution in [3.63, 3.8) is 0 Å². The molecule has 1 aliphatic heterocycles. The van der Waals surface area contributed by atoms with Crippen LogP contribution >= 0.6 is 11.8 Å². The minimum atomic E-state index is -0.525. The number of anilines is 1. The molecule has 1 amide bonds. The number of carbonyl (C=O) groups excluding carboxylic acids is 1. The first kappa shape index (κ1) is 21.2. The predicted molar refractivity (Wildman–Crippen MR) is 118 cm³/mol. The number of rotatable bonds is 7. The van der Waals surface area contributed by atoms with Gasteiger partial charge in [0.25, 0.3) is 0 Å².